The van der Waals surface area contributed by atoms with Crippen LogP contribution in [0.3, 0.4) is 0 Å². The van der Waals surface area contributed by atoms with Gasteiger partial charge in [-0.25, -0.2) is 4.39 Å². The van der Waals surface area contributed by atoms with E-state index in [0.29, 0.717) is 29.9 Å². The molecule has 0 aliphatic rings. The van der Waals surface area contributed by atoms with Crippen molar-refractivity contribution < 1.29 is 9.18 Å². The Hall–Kier alpha value is -1.72. The van der Waals surface area contributed by atoms with Crippen LogP contribution in [0.5, 0.6) is 0 Å². The molecule has 124 valence electrons. The Morgan fingerprint density at radius 3 is 2.70 bits per heavy atom. The quantitative estimate of drug-likeness (QED) is 0.769. The van der Waals surface area contributed by atoms with Crippen molar-refractivity contribution in [3.63, 3.8) is 0 Å². The van der Waals surface area contributed by atoms with Gasteiger partial charge in [-0.3, -0.25) is 9.48 Å². The number of Topliss-reactive ketones (excluding diaryl/α,β-unsaturated/α-hetero) is 1. The molecule has 1 atom stereocenters. The molecular weight excluding hydrogens is 317 g/mol. The third-order valence-electron chi connectivity index (χ3n) is 3.80. The summed E-state index contributed by atoms with van der Waals surface area (Å²) < 4.78 is 15.0. The number of carbonyl (C=O) groups excluding carboxylic acids is 1. The lowest BCUT2D eigenvalue weighted by molar-refractivity contribution is 0.0975. The van der Waals surface area contributed by atoms with Crippen LogP contribution in [0.4, 0.5) is 4.39 Å². The van der Waals surface area contributed by atoms with Gasteiger partial charge < -0.3 is 5.73 Å². The van der Waals surface area contributed by atoms with Crippen molar-refractivity contribution in [3.05, 3.63) is 40.8 Å². The monoisotopic (exact) mass is 337 g/mol. The Labute approximate surface area is 140 Å². The van der Waals surface area contributed by atoms with Gasteiger partial charge in [-0.15, -0.1) is 0 Å². The van der Waals surface area contributed by atoms with Crippen LogP contribution in [0.25, 0.3) is 11.3 Å². The molecule has 2 rings (SSSR count). The van der Waals surface area contributed by atoms with E-state index < -0.39 is 5.82 Å². The second-order valence-electron chi connectivity index (χ2n) is 5.44. The van der Waals surface area contributed by atoms with Crippen molar-refractivity contribution in [2.75, 3.05) is 6.54 Å². The molecule has 0 saturated carbocycles. The summed E-state index contributed by atoms with van der Waals surface area (Å²) in [6.07, 6.45) is 2.17. The van der Waals surface area contributed by atoms with Gasteiger partial charge in [0.05, 0.1) is 16.8 Å². The molecule has 0 aliphatic heterocycles. The van der Waals surface area contributed by atoms with Gasteiger partial charge in [-0.05, 0) is 30.7 Å². The standard InChI is InChI=1S/C17H21ClFN3O/c1-3-5-12(10-20)22-16(17(23)4-2)9-15(21-22)11-6-7-14(19)13(18)8-11/h6-9,12H,3-5,10,20H2,1-2H3. The van der Waals surface area contributed by atoms with Crippen LogP contribution in [0.1, 0.15) is 49.6 Å². The van der Waals surface area contributed by atoms with Crippen LogP contribution in [-0.2, 0) is 0 Å². The van der Waals surface area contributed by atoms with E-state index >= 15 is 0 Å². The first-order valence-corrected chi connectivity index (χ1v) is 8.17. The third kappa shape index (κ3) is 3.79. The summed E-state index contributed by atoms with van der Waals surface area (Å²) in [4.78, 5) is 12.2. The van der Waals surface area contributed by atoms with E-state index in [4.69, 9.17) is 17.3 Å². The maximum atomic E-state index is 13.3. The summed E-state index contributed by atoms with van der Waals surface area (Å²) in [5.41, 5.74) is 7.65. The maximum Gasteiger partial charge on any atom is 0.180 e. The van der Waals surface area contributed by atoms with Crippen LogP contribution in [-0.4, -0.2) is 22.1 Å². The Bertz CT molecular complexity index is 699. The summed E-state index contributed by atoms with van der Waals surface area (Å²) in [5.74, 6) is -0.475. The minimum absolute atomic E-state index is 0.00603. The number of nitrogens with two attached hydrogens (primary N) is 1. The van der Waals surface area contributed by atoms with E-state index in [-0.39, 0.29) is 16.8 Å². The average molecular weight is 338 g/mol. The van der Waals surface area contributed by atoms with E-state index in [9.17, 15) is 9.18 Å². The summed E-state index contributed by atoms with van der Waals surface area (Å²) >= 11 is 5.84. The first kappa shape index (κ1) is 17.6. The van der Waals surface area contributed by atoms with Gasteiger partial charge in [0.2, 0.25) is 0 Å². The summed E-state index contributed by atoms with van der Waals surface area (Å²) in [5, 5.41) is 4.58. The number of rotatable bonds is 7. The van der Waals surface area contributed by atoms with Gasteiger partial charge in [-0.2, -0.15) is 5.10 Å². The molecular formula is C17H21ClFN3O. The Kier molecular flexibility index (Phi) is 5.91. The van der Waals surface area contributed by atoms with E-state index in [0.717, 1.165) is 12.8 Å². The highest BCUT2D eigenvalue weighted by atomic mass is 35.5. The lowest BCUT2D eigenvalue weighted by Gasteiger charge is -2.17. The highest BCUT2D eigenvalue weighted by Gasteiger charge is 2.20. The molecule has 1 aromatic heterocycles. The zero-order chi connectivity index (χ0) is 17.0. The number of benzene rings is 1. The minimum Gasteiger partial charge on any atom is -0.328 e. The van der Waals surface area contributed by atoms with Crippen LogP contribution < -0.4 is 5.73 Å². The molecule has 0 spiro atoms. The largest absolute Gasteiger partial charge is 0.328 e. The van der Waals surface area contributed by atoms with E-state index in [1.165, 1.54) is 12.1 Å². The molecule has 23 heavy (non-hydrogen) atoms. The predicted octanol–water partition coefficient (Wildman–Crippen LogP) is 4.24. The van der Waals surface area contributed by atoms with Crippen molar-refractivity contribution in [1.29, 1.82) is 0 Å². The molecule has 0 radical (unpaired) electrons. The lowest BCUT2D eigenvalue weighted by atomic mass is 10.1. The molecule has 0 aliphatic carbocycles. The summed E-state index contributed by atoms with van der Waals surface area (Å²) in [6, 6.07) is 6.11. The molecule has 1 aromatic carbocycles. The SMILES string of the molecule is CCCC(CN)n1nc(-c2ccc(F)c(Cl)c2)cc1C(=O)CC. The Balaban J connectivity index is 2.51. The van der Waals surface area contributed by atoms with E-state index in [2.05, 4.69) is 12.0 Å². The van der Waals surface area contributed by atoms with Gasteiger partial charge >= 0.3 is 0 Å². The molecule has 2 N–H and O–H groups in total. The number of halogens is 2. The number of carbonyl (C=O) groups is 1. The number of ketones is 1. The second kappa shape index (κ2) is 7.70. The topological polar surface area (TPSA) is 60.9 Å². The zero-order valence-electron chi connectivity index (χ0n) is 13.4. The first-order valence-electron chi connectivity index (χ1n) is 7.80. The molecule has 1 heterocycles. The highest BCUT2D eigenvalue weighted by Crippen LogP contribution is 2.27. The van der Waals surface area contributed by atoms with Gasteiger partial charge in [0.1, 0.15) is 11.5 Å². The van der Waals surface area contributed by atoms with E-state index in [1.54, 1.807) is 16.8 Å². The highest BCUT2D eigenvalue weighted by molar-refractivity contribution is 6.31. The van der Waals surface area contributed by atoms with E-state index in [1.807, 2.05) is 6.92 Å². The molecule has 0 bridgehead atoms. The normalized spacial score (nSPS) is 12.4. The molecule has 2 aromatic rings. The zero-order valence-corrected chi connectivity index (χ0v) is 14.1. The first-order chi connectivity index (χ1) is 11.0. The Morgan fingerprint density at radius 1 is 1.39 bits per heavy atom. The van der Waals surface area contributed by atoms with Crippen molar-refractivity contribution in [2.24, 2.45) is 5.73 Å². The van der Waals surface area contributed by atoms with Crippen molar-refractivity contribution in [2.45, 2.75) is 39.2 Å². The third-order valence-corrected chi connectivity index (χ3v) is 4.09. The molecule has 1 unspecified atom stereocenters. The lowest BCUT2D eigenvalue weighted by Crippen LogP contribution is -2.23. The van der Waals surface area contributed by atoms with Gasteiger partial charge in [0.15, 0.2) is 5.78 Å². The van der Waals surface area contributed by atoms with Gasteiger partial charge in [0, 0.05) is 18.5 Å². The van der Waals surface area contributed by atoms with Crippen LogP contribution in [0, 0.1) is 5.82 Å². The number of aromatic nitrogens is 2. The number of hydrogen-bond acceptors (Lipinski definition) is 3. The van der Waals surface area contributed by atoms with Crippen LogP contribution in [0.15, 0.2) is 24.3 Å². The predicted molar refractivity (Wildman–Crippen MR) is 90.3 cm³/mol. The molecule has 6 heteroatoms. The number of hydrogen-bond donors (Lipinski definition) is 1. The fourth-order valence-electron chi connectivity index (χ4n) is 2.53. The molecule has 0 amide bonds. The van der Waals surface area contributed by atoms with Crippen LogP contribution in [0.2, 0.25) is 5.02 Å². The smallest absolute Gasteiger partial charge is 0.180 e. The molecule has 0 saturated heterocycles. The van der Waals surface area contributed by atoms with Gasteiger partial charge in [-0.1, -0.05) is 31.9 Å². The molecule has 0 fully saturated rings. The van der Waals surface area contributed by atoms with Crippen LogP contribution >= 0.6 is 11.6 Å². The fourth-order valence-corrected chi connectivity index (χ4v) is 2.71. The summed E-state index contributed by atoms with van der Waals surface area (Å²) in [6.45, 7) is 4.28. The van der Waals surface area contributed by atoms with Crippen molar-refractivity contribution >= 4 is 17.4 Å². The minimum atomic E-state index is -0.481. The van der Waals surface area contributed by atoms with Crippen molar-refractivity contribution in [1.82, 2.24) is 9.78 Å². The number of nitrogens with zero attached hydrogens (tertiary/aromatic N) is 2. The molecule has 4 nitrogen and oxygen atoms in total. The summed E-state index contributed by atoms with van der Waals surface area (Å²) in [7, 11) is 0. The average Bonchev–Trinajstić information content (AvgIpc) is 2.99. The van der Waals surface area contributed by atoms with Crippen molar-refractivity contribution in [3.8, 4) is 11.3 Å². The maximum absolute atomic E-state index is 13.3. The second-order valence-corrected chi connectivity index (χ2v) is 5.85. The Morgan fingerprint density at radius 2 is 2.13 bits per heavy atom. The fraction of sp³-hybridized carbons (Fsp3) is 0.412. The van der Waals surface area contributed by atoms with Gasteiger partial charge in [0.25, 0.3) is 0 Å².